The van der Waals surface area contributed by atoms with Gasteiger partial charge in [-0.3, -0.25) is 9.13 Å². The third-order valence-corrected chi connectivity index (χ3v) is 5.90. The molecule has 27 heavy (non-hydrogen) atoms. The maximum absolute atomic E-state index is 6.20. The lowest BCUT2D eigenvalue weighted by atomic mass is 10.0. The minimum absolute atomic E-state index is 0.155. The van der Waals surface area contributed by atoms with Crippen LogP contribution in [0.15, 0.2) is 18.6 Å². The van der Waals surface area contributed by atoms with Crippen molar-refractivity contribution in [3.8, 4) is 11.6 Å². The van der Waals surface area contributed by atoms with Crippen LogP contribution >= 0.6 is 11.6 Å². The predicted octanol–water partition coefficient (Wildman–Crippen LogP) is 3.42. The molecule has 2 aliphatic rings. The average Bonchev–Trinajstić information content (AvgIpc) is 3.42. The Bertz CT molecular complexity index is 987. The maximum Gasteiger partial charge on any atom is 0.238 e. The molecule has 1 fully saturated rings. The first kappa shape index (κ1) is 16.7. The molecule has 1 aliphatic carbocycles. The summed E-state index contributed by atoms with van der Waals surface area (Å²) in [4.78, 5) is 16.0. The van der Waals surface area contributed by atoms with Crippen molar-refractivity contribution >= 4 is 17.4 Å². The molecule has 0 aromatic carbocycles. The minimum atomic E-state index is 0.155. The summed E-state index contributed by atoms with van der Waals surface area (Å²) in [6, 6.07) is 0.614. The molecule has 3 aromatic heterocycles. The molecule has 0 unspecified atom stereocenters. The number of nitrogens with zero attached hydrogens (tertiary/aromatic N) is 8. The van der Waals surface area contributed by atoms with E-state index in [1.807, 2.05) is 13.1 Å². The monoisotopic (exact) mass is 384 g/mol. The van der Waals surface area contributed by atoms with Gasteiger partial charge in [0.05, 0.1) is 12.2 Å². The fourth-order valence-electron chi connectivity index (χ4n) is 4.41. The second-order valence-corrected chi connectivity index (χ2v) is 7.49. The van der Waals surface area contributed by atoms with E-state index < -0.39 is 0 Å². The molecule has 140 valence electrons. The Balaban J connectivity index is 1.73. The molecule has 0 amide bonds. The fourth-order valence-corrected chi connectivity index (χ4v) is 4.60. The SMILES string of the molecule is CC[C@@H]1c2nnc(C)n2-c2cnc(-n3ccnc3Cl)nc2N1C1CCCC1. The molecule has 4 heterocycles. The highest BCUT2D eigenvalue weighted by molar-refractivity contribution is 6.28. The van der Waals surface area contributed by atoms with E-state index in [0.29, 0.717) is 17.3 Å². The van der Waals surface area contributed by atoms with Crippen LogP contribution in [0.4, 0.5) is 5.82 Å². The Morgan fingerprint density at radius 1 is 1.19 bits per heavy atom. The normalized spacial score (nSPS) is 19.4. The number of aryl methyl sites for hydroxylation is 1. The first-order valence-corrected chi connectivity index (χ1v) is 9.83. The second-order valence-electron chi connectivity index (χ2n) is 7.16. The van der Waals surface area contributed by atoms with Crippen molar-refractivity contribution in [2.24, 2.45) is 0 Å². The van der Waals surface area contributed by atoms with Crippen LogP contribution in [0.3, 0.4) is 0 Å². The minimum Gasteiger partial charge on any atom is -0.341 e. The third-order valence-electron chi connectivity index (χ3n) is 5.62. The van der Waals surface area contributed by atoms with Gasteiger partial charge in [0.15, 0.2) is 11.6 Å². The highest BCUT2D eigenvalue weighted by Gasteiger charge is 2.39. The van der Waals surface area contributed by atoms with Crippen molar-refractivity contribution in [2.75, 3.05) is 4.90 Å². The molecule has 1 atom stereocenters. The molecule has 0 spiro atoms. The Morgan fingerprint density at radius 3 is 2.70 bits per heavy atom. The van der Waals surface area contributed by atoms with Crippen molar-refractivity contribution < 1.29 is 0 Å². The van der Waals surface area contributed by atoms with Gasteiger partial charge < -0.3 is 4.90 Å². The lowest BCUT2D eigenvalue weighted by Crippen LogP contribution is -2.42. The van der Waals surface area contributed by atoms with E-state index in [0.717, 1.165) is 29.6 Å². The smallest absolute Gasteiger partial charge is 0.238 e. The van der Waals surface area contributed by atoms with E-state index in [1.54, 1.807) is 17.0 Å². The van der Waals surface area contributed by atoms with Crippen molar-refractivity contribution in [2.45, 2.75) is 58.0 Å². The zero-order valence-corrected chi connectivity index (χ0v) is 16.1. The summed E-state index contributed by atoms with van der Waals surface area (Å²) in [5.41, 5.74) is 0.934. The van der Waals surface area contributed by atoms with E-state index in [1.165, 1.54) is 25.7 Å². The van der Waals surface area contributed by atoms with Crippen LogP contribution in [-0.4, -0.2) is 40.3 Å². The summed E-state index contributed by atoms with van der Waals surface area (Å²) >= 11 is 6.20. The van der Waals surface area contributed by atoms with E-state index >= 15 is 0 Å². The van der Waals surface area contributed by atoms with Crippen LogP contribution in [-0.2, 0) is 0 Å². The van der Waals surface area contributed by atoms with Crippen molar-refractivity contribution in [3.63, 3.8) is 0 Å². The summed E-state index contributed by atoms with van der Waals surface area (Å²) < 4.78 is 3.79. The molecule has 0 bridgehead atoms. The van der Waals surface area contributed by atoms with Gasteiger partial charge in [0.1, 0.15) is 11.5 Å². The molecule has 5 rings (SSSR count). The van der Waals surface area contributed by atoms with Gasteiger partial charge in [0.25, 0.3) is 0 Å². The van der Waals surface area contributed by atoms with E-state index in [-0.39, 0.29) is 6.04 Å². The average molecular weight is 385 g/mol. The van der Waals surface area contributed by atoms with Crippen molar-refractivity contribution in [1.29, 1.82) is 0 Å². The summed E-state index contributed by atoms with van der Waals surface area (Å²) in [6.45, 7) is 4.17. The van der Waals surface area contributed by atoms with Crippen LogP contribution in [0.2, 0.25) is 5.28 Å². The highest BCUT2D eigenvalue weighted by Crippen LogP contribution is 2.43. The molecular formula is C18H21ClN8. The van der Waals surface area contributed by atoms with E-state index in [2.05, 4.69) is 36.6 Å². The van der Waals surface area contributed by atoms with Crippen LogP contribution in [0.5, 0.6) is 0 Å². The summed E-state index contributed by atoms with van der Waals surface area (Å²) in [7, 11) is 0. The largest absolute Gasteiger partial charge is 0.341 e. The van der Waals surface area contributed by atoms with Gasteiger partial charge in [-0.05, 0) is 37.8 Å². The van der Waals surface area contributed by atoms with E-state index in [4.69, 9.17) is 16.6 Å². The summed E-state index contributed by atoms with van der Waals surface area (Å²) in [5, 5.41) is 9.19. The first-order valence-electron chi connectivity index (χ1n) is 9.46. The molecule has 9 heteroatoms. The fraction of sp³-hybridized carbons (Fsp3) is 0.500. The Hall–Kier alpha value is -2.48. The zero-order chi connectivity index (χ0) is 18.5. The summed E-state index contributed by atoms with van der Waals surface area (Å²) in [6.07, 6.45) is 11.1. The molecule has 3 aromatic rings. The molecule has 0 saturated heterocycles. The van der Waals surface area contributed by atoms with Gasteiger partial charge in [-0.25, -0.2) is 9.97 Å². The number of imidazole rings is 1. The Morgan fingerprint density at radius 2 is 2.00 bits per heavy atom. The standard InChI is InChI=1S/C18H21ClN8/c1-3-13-16-24-23-11(2)26(16)14-10-21-18(25-9-8-20-17(25)19)22-15(14)27(13)12-6-4-5-7-12/h8-10,12-13H,3-7H2,1-2H3/t13-/m1/s1. The predicted molar refractivity (Wildman–Crippen MR) is 102 cm³/mol. The topological polar surface area (TPSA) is 77.5 Å². The Kier molecular flexibility index (Phi) is 3.89. The number of hydrogen-bond acceptors (Lipinski definition) is 6. The number of fused-ring (bicyclic) bond motifs is 3. The van der Waals surface area contributed by atoms with Crippen LogP contribution in [0, 0.1) is 6.92 Å². The number of halogens is 1. The number of rotatable bonds is 3. The molecule has 8 nitrogen and oxygen atoms in total. The molecular weight excluding hydrogens is 364 g/mol. The number of aromatic nitrogens is 7. The van der Waals surface area contributed by atoms with Gasteiger partial charge in [-0.2, -0.15) is 4.98 Å². The van der Waals surface area contributed by atoms with Crippen molar-refractivity contribution in [3.05, 3.63) is 35.5 Å². The van der Waals surface area contributed by atoms with Gasteiger partial charge in [-0.1, -0.05) is 19.8 Å². The molecule has 1 aliphatic heterocycles. The molecule has 1 saturated carbocycles. The van der Waals surface area contributed by atoms with Crippen molar-refractivity contribution in [1.82, 2.24) is 34.3 Å². The quantitative estimate of drug-likeness (QED) is 0.688. The lowest BCUT2D eigenvalue weighted by Gasteiger charge is -2.41. The van der Waals surface area contributed by atoms with Gasteiger partial charge in [0.2, 0.25) is 11.2 Å². The first-order chi connectivity index (χ1) is 13.2. The zero-order valence-electron chi connectivity index (χ0n) is 15.4. The number of hydrogen-bond donors (Lipinski definition) is 0. The van der Waals surface area contributed by atoms with Crippen LogP contribution < -0.4 is 4.90 Å². The molecule has 0 radical (unpaired) electrons. The maximum atomic E-state index is 6.20. The lowest BCUT2D eigenvalue weighted by molar-refractivity contribution is 0.467. The van der Waals surface area contributed by atoms with Gasteiger partial charge >= 0.3 is 0 Å². The molecule has 0 N–H and O–H groups in total. The second kappa shape index (κ2) is 6.30. The Labute approximate surface area is 162 Å². The van der Waals surface area contributed by atoms with Crippen LogP contribution in [0.25, 0.3) is 11.6 Å². The number of anilines is 1. The summed E-state index contributed by atoms with van der Waals surface area (Å²) in [5.74, 6) is 3.29. The van der Waals surface area contributed by atoms with Gasteiger partial charge in [0, 0.05) is 18.4 Å². The highest BCUT2D eigenvalue weighted by atomic mass is 35.5. The van der Waals surface area contributed by atoms with Gasteiger partial charge in [-0.15, -0.1) is 10.2 Å². The third kappa shape index (κ3) is 2.46. The van der Waals surface area contributed by atoms with E-state index in [9.17, 15) is 0 Å². The van der Waals surface area contributed by atoms with Crippen LogP contribution in [0.1, 0.15) is 56.7 Å².